The van der Waals surface area contributed by atoms with Gasteiger partial charge in [0.2, 0.25) is 0 Å². The molecule has 0 N–H and O–H groups in total. The summed E-state index contributed by atoms with van der Waals surface area (Å²) >= 11 is 3.22. The Bertz CT molecular complexity index is 392. The first kappa shape index (κ1) is 12.6. The number of carbonyl (C=O) groups is 2. The smallest absolute Gasteiger partial charge is 0.344 e. The van der Waals surface area contributed by atoms with Gasteiger partial charge in [-0.2, -0.15) is 0 Å². The minimum absolute atomic E-state index is 0.00468. The van der Waals surface area contributed by atoms with E-state index in [-0.39, 0.29) is 11.8 Å². The topological polar surface area (TPSA) is 43.4 Å². The number of Topliss-reactive ketones (excluding diaryl/α,β-unsaturated/α-hetero) is 1. The number of ketones is 1. The maximum atomic E-state index is 12.3. The molecule has 0 radical (unpaired) electrons. The summed E-state index contributed by atoms with van der Waals surface area (Å²) in [5.41, 5.74) is -0.136. The van der Waals surface area contributed by atoms with Crippen LogP contribution < -0.4 is 0 Å². The van der Waals surface area contributed by atoms with E-state index in [4.69, 9.17) is 4.74 Å². The molecule has 3 rings (SSSR count). The fraction of sp³-hybridized carbons (Fsp3) is 0.692. The van der Waals surface area contributed by atoms with Crippen LogP contribution in [0.3, 0.4) is 0 Å². The second-order valence-electron chi connectivity index (χ2n) is 5.09. The van der Waals surface area contributed by atoms with Crippen molar-refractivity contribution < 1.29 is 14.3 Å². The molecule has 0 aromatic heterocycles. The Hall–Kier alpha value is -0.420. The van der Waals surface area contributed by atoms with Gasteiger partial charge in [0.25, 0.3) is 0 Å². The van der Waals surface area contributed by atoms with Gasteiger partial charge >= 0.3 is 5.97 Å². The van der Waals surface area contributed by atoms with Crippen molar-refractivity contribution >= 4 is 35.3 Å². The number of carbonyl (C=O) groups excluding carboxylic acids is 2. The van der Waals surface area contributed by atoms with Gasteiger partial charge in [-0.3, -0.25) is 4.79 Å². The van der Waals surface area contributed by atoms with E-state index >= 15 is 0 Å². The fourth-order valence-electron chi connectivity index (χ4n) is 2.91. The van der Waals surface area contributed by atoms with Gasteiger partial charge in [-0.1, -0.05) is 6.42 Å². The molecule has 1 aliphatic carbocycles. The Morgan fingerprint density at radius 1 is 1.00 bits per heavy atom. The first-order chi connectivity index (χ1) is 8.70. The SMILES string of the molecule is O=C1CC2(CCCCC2)OC(=O)C1=C1SCCS1. The van der Waals surface area contributed by atoms with Gasteiger partial charge in [-0.25, -0.2) is 4.79 Å². The third-order valence-corrected chi connectivity index (χ3v) is 6.51. The molecular formula is C13H16O3S2. The molecule has 3 nitrogen and oxygen atoms in total. The van der Waals surface area contributed by atoms with Crippen LogP contribution in [0.4, 0.5) is 0 Å². The summed E-state index contributed by atoms with van der Waals surface area (Å²) < 4.78 is 6.55. The molecule has 2 aliphatic heterocycles. The molecule has 2 saturated heterocycles. The minimum Gasteiger partial charge on any atom is -0.455 e. The van der Waals surface area contributed by atoms with E-state index in [0.717, 1.165) is 41.4 Å². The van der Waals surface area contributed by atoms with Gasteiger partial charge in [0.1, 0.15) is 11.2 Å². The van der Waals surface area contributed by atoms with Crippen molar-refractivity contribution in [3.05, 3.63) is 9.81 Å². The van der Waals surface area contributed by atoms with E-state index in [1.807, 2.05) is 0 Å². The summed E-state index contributed by atoms with van der Waals surface area (Å²) in [5, 5.41) is 0. The predicted molar refractivity (Wildman–Crippen MR) is 73.5 cm³/mol. The summed E-state index contributed by atoms with van der Waals surface area (Å²) in [5.74, 6) is 1.60. The molecule has 0 amide bonds. The van der Waals surface area contributed by atoms with E-state index in [2.05, 4.69) is 0 Å². The largest absolute Gasteiger partial charge is 0.455 e. The summed E-state index contributed by atoms with van der Waals surface area (Å²) in [6.07, 6.45) is 5.43. The van der Waals surface area contributed by atoms with Crippen LogP contribution in [-0.2, 0) is 14.3 Å². The van der Waals surface area contributed by atoms with Crippen LogP contribution >= 0.6 is 23.5 Å². The lowest BCUT2D eigenvalue weighted by molar-refractivity contribution is -0.166. The highest BCUT2D eigenvalue weighted by Crippen LogP contribution is 2.44. The van der Waals surface area contributed by atoms with Gasteiger partial charge in [0.15, 0.2) is 5.78 Å². The van der Waals surface area contributed by atoms with Crippen LogP contribution in [0.25, 0.3) is 0 Å². The predicted octanol–water partition coefficient (Wildman–Crippen LogP) is 2.90. The fourth-order valence-corrected chi connectivity index (χ4v) is 5.46. The average Bonchev–Trinajstić information content (AvgIpc) is 2.82. The second kappa shape index (κ2) is 4.93. The number of rotatable bonds is 0. The van der Waals surface area contributed by atoms with Crippen molar-refractivity contribution in [2.75, 3.05) is 11.5 Å². The van der Waals surface area contributed by atoms with Gasteiger partial charge in [-0.05, 0) is 25.7 Å². The van der Waals surface area contributed by atoms with E-state index in [0.29, 0.717) is 12.0 Å². The lowest BCUT2D eigenvalue weighted by Crippen LogP contribution is -2.45. The van der Waals surface area contributed by atoms with E-state index < -0.39 is 5.60 Å². The third kappa shape index (κ3) is 2.23. The summed E-state index contributed by atoms with van der Waals surface area (Å²) in [4.78, 5) is 24.4. The van der Waals surface area contributed by atoms with Crippen LogP contribution in [0.15, 0.2) is 9.81 Å². The van der Waals surface area contributed by atoms with Gasteiger partial charge in [0.05, 0.1) is 10.7 Å². The number of hydrogen-bond acceptors (Lipinski definition) is 5. The molecule has 3 fully saturated rings. The van der Waals surface area contributed by atoms with Gasteiger partial charge in [-0.15, -0.1) is 23.5 Å². The maximum Gasteiger partial charge on any atom is 0.344 e. The zero-order chi connectivity index (χ0) is 12.6. The normalized spacial score (nSPS) is 27.8. The maximum absolute atomic E-state index is 12.3. The first-order valence-electron chi connectivity index (χ1n) is 6.47. The Morgan fingerprint density at radius 3 is 2.28 bits per heavy atom. The molecule has 98 valence electrons. The zero-order valence-corrected chi connectivity index (χ0v) is 11.8. The van der Waals surface area contributed by atoms with Crippen molar-refractivity contribution in [1.82, 2.24) is 0 Å². The monoisotopic (exact) mass is 284 g/mol. The Labute approximate surface area is 115 Å². The summed E-state index contributed by atoms with van der Waals surface area (Å²) in [6, 6.07) is 0. The molecule has 0 bridgehead atoms. The van der Waals surface area contributed by atoms with Gasteiger partial charge < -0.3 is 4.74 Å². The van der Waals surface area contributed by atoms with Crippen LogP contribution in [0.5, 0.6) is 0 Å². The van der Waals surface area contributed by atoms with Crippen LogP contribution in [0.2, 0.25) is 0 Å². The summed E-state index contributed by atoms with van der Waals surface area (Å²) in [6.45, 7) is 0. The second-order valence-corrected chi connectivity index (χ2v) is 7.56. The lowest BCUT2D eigenvalue weighted by Gasteiger charge is -2.39. The van der Waals surface area contributed by atoms with Crippen molar-refractivity contribution in [3.63, 3.8) is 0 Å². The number of hydrogen-bond donors (Lipinski definition) is 0. The quantitative estimate of drug-likeness (QED) is 0.389. The standard InChI is InChI=1S/C13H16O3S2/c14-9-8-13(4-2-1-3-5-13)16-11(15)10(9)12-17-6-7-18-12/h1-8H2. The van der Waals surface area contributed by atoms with Gasteiger partial charge in [0, 0.05) is 11.5 Å². The Kier molecular flexibility index (Phi) is 3.45. The number of ether oxygens (including phenoxy) is 1. The highest BCUT2D eigenvalue weighted by atomic mass is 32.2. The molecule has 0 atom stereocenters. The Balaban J connectivity index is 1.85. The van der Waals surface area contributed by atoms with Crippen LogP contribution in [0, 0.1) is 0 Å². The number of thioether (sulfide) groups is 2. The average molecular weight is 284 g/mol. The highest BCUT2D eigenvalue weighted by molar-refractivity contribution is 8.25. The van der Waals surface area contributed by atoms with Crippen molar-refractivity contribution in [3.8, 4) is 0 Å². The third-order valence-electron chi connectivity index (χ3n) is 3.79. The molecule has 2 heterocycles. The molecular weight excluding hydrogens is 268 g/mol. The molecule has 1 saturated carbocycles. The zero-order valence-electron chi connectivity index (χ0n) is 10.2. The van der Waals surface area contributed by atoms with E-state index in [1.54, 1.807) is 23.5 Å². The minimum atomic E-state index is -0.468. The molecule has 0 unspecified atom stereocenters. The van der Waals surface area contributed by atoms with E-state index in [1.165, 1.54) is 6.42 Å². The van der Waals surface area contributed by atoms with Crippen molar-refractivity contribution in [2.24, 2.45) is 0 Å². The lowest BCUT2D eigenvalue weighted by atomic mass is 9.78. The van der Waals surface area contributed by atoms with Crippen LogP contribution in [0.1, 0.15) is 38.5 Å². The molecule has 5 heteroatoms. The van der Waals surface area contributed by atoms with E-state index in [9.17, 15) is 9.59 Å². The molecule has 3 aliphatic rings. The summed E-state index contributed by atoms with van der Waals surface area (Å²) in [7, 11) is 0. The number of esters is 1. The van der Waals surface area contributed by atoms with Crippen molar-refractivity contribution in [1.29, 1.82) is 0 Å². The molecule has 18 heavy (non-hydrogen) atoms. The Morgan fingerprint density at radius 2 is 1.67 bits per heavy atom. The van der Waals surface area contributed by atoms with Crippen LogP contribution in [-0.4, -0.2) is 28.9 Å². The molecule has 0 aromatic carbocycles. The highest BCUT2D eigenvalue weighted by Gasteiger charge is 2.46. The molecule has 0 aromatic rings. The molecule has 1 spiro atoms. The first-order valence-corrected chi connectivity index (χ1v) is 8.44. The van der Waals surface area contributed by atoms with Crippen molar-refractivity contribution in [2.45, 2.75) is 44.1 Å².